The lowest BCUT2D eigenvalue weighted by Crippen LogP contribution is -2.48. The largest absolute Gasteiger partial charge is 0.378 e. The Morgan fingerprint density at radius 3 is 2.62 bits per heavy atom. The van der Waals surface area contributed by atoms with Crippen LogP contribution in [0.4, 0.5) is 14.6 Å². The molecular weight excluding hydrogens is 554 g/mol. The molecule has 7 nitrogen and oxygen atoms in total. The predicted molar refractivity (Wildman–Crippen MR) is 152 cm³/mol. The van der Waals surface area contributed by atoms with Gasteiger partial charge in [-0.2, -0.15) is 5.10 Å². The van der Waals surface area contributed by atoms with E-state index in [0.717, 1.165) is 22.2 Å². The first-order chi connectivity index (χ1) is 19.4. The normalized spacial score (nSPS) is 17.6. The highest BCUT2D eigenvalue weighted by atomic mass is 32.2. The molecule has 4 aromatic rings. The van der Waals surface area contributed by atoms with E-state index in [-0.39, 0.29) is 29.7 Å². The Labute approximate surface area is 238 Å². The number of benzene rings is 2. The zero-order chi connectivity index (χ0) is 27.8. The van der Waals surface area contributed by atoms with Crippen LogP contribution < -0.4 is 4.90 Å². The summed E-state index contributed by atoms with van der Waals surface area (Å²) in [6.07, 6.45) is 0. The van der Waals surface area contributed by atoms with Gasteiger partial charge in [0.15, 0.2) is 0 Å². The van der Waals surface area contributed by atoms with Gasteiger partial charge in [-0.1, -0.05) is 30.3 Å². The average Bonchev–Trinajstić information content (AvgIpc) is 3.59. The van der Waals surface area contributed by atoms with Gasteiger partial charge in [0, 0.05) is 30.3 Å². The van der Waals surface area contributed by atoms with Crippen LogP contribution in [0.1, 0.15) is 21.9 Å². The molecule has 2 aliphatic heterocycles. The summed E-state index contributed by atoms with van der Waals surface area (Å²) in [7, 11) is 0. The van der Waals surface area contributed by atoms with Crippen molar-refractivity contribution in [3.05, 3.63) is 88.3 Å². The number of rotatable bonds is 5. The molecule has 11 heteroatoms. The molecule has 0 saturated carbocycles. The quantitative estimate of drug-likeness (QED) is 0.324. The minimum Gasteiger partial charge on any atom is -0.378 e. The Morgan fingerprint density at radius 1 is 1.10 bits per heavy atom. The van der Waals surface area contributed by atoms with Gasteiger partial charge in [-0.15, -0.1) is 23.1 Å². The third-order valence-corrected chi connectivity index (χ3v) is 9.20. The average molecular weight is 581 g/mol. The molecule has 206 valence electrons. The molecule has 1 saturated heterocycles. The summed E-state index contributed by atoms with van der Waals surface area (Å²) in [5, 5.41) is 6.27. The van der Waals surface area contributed by atoms with Crippen molar-refractivity contribution in [3.8, 4) is 16.3 Å². The van der Waals surface area contributed by atoms with Crippen molar-refractivity contribution in [3.63, 3.8) is 0 Å². The molecule has 6 rings (SSSR count). The first kappa shape index (κ1) is 26.7. The van der Waals surface area contributed by atoms with Crippen LogP contribution in [0.3, 0.4) is 0 Å². The number of hydrogen-bond donors (Lipinski definition) is 0. The number of anilines is 1. The molecule has 40 heavy (non-hydrogen) atoms. The van der Waals surface area contributed by atoms with Crippen molar-refractivity contribution in [2.24, 2.45) is 0 Å². The standard InChI is InChI=1S/C29H26F2N4O3S2/c1-18-5-2-3-6-22(18)35-29-26(27(32-35)23-7-4-14-39-23)28(20-9-8-19(30)15-21(20)31)40-17-25(37)34(29)16-24(36)33-10-12-38-13-11-33/h2-9,14-15,28H,10-13,16-17H2,1H3. The van der Waals surface area contributed by atoms with Crippen LogP contribution in [0.15, 0.2) is 60.0 Å². The van der Waals surface area contributed by atoms with Crippen LogP contribution >= 0.6 is 23.1 Å². The number of amides is 2. The van der Waals surface area contributed by atoms with E-state index in [1.807, 2.05) is 48.7 Å². The molecule has 1 atom stereocenters. The molecule has 0 bridgehead atoms. The van der Waals surface area contributed by atoms with E-state index in [4.69, 9.17) is 9.84 Å². The Hall–Kier alpha value is -3.54. The number of morpholine rings is 1. The minimum atomic E-state index is -0.700. The number of carbonyl (C=O) groups is 2. The molecule has 1 unspecified atom stereocenters. The van der Waals surface area contributed by atoms with Crippen LogP contribution in [-0.4, -0.2) is 65.1 Å². The van der Waals surface area contributed by atoms with E-state index in [0.29, 0.717) is 43.4 Å². The molecule has 0 N–H and O–H groups in total. The van der Waals surface area contributed by atoms with E-state index in [9.17, 15) is 14.0 Å². The molecule has 2 aromatic carbocycles. The Balaban J connectivity index is 1.60. The summed E-state index contributed by atoms with van der Waals surface area (Å²) in [5.41, 5.74) is 3.11. The lowest BCUT2D eigenvalue weighted by Gasteiger charge is -2.30. The van der Waals surface area contributed by atoms with E-state index in [1.54, 1.807) is 9.58 Å². The van der Waals surface area contributed by atoms with Crippen LogP contribution in [0.2, 0.25) is 0 Å². The van der Waals surface area contributed by atoms with Crippen molar-refractivity contribution in [1.29, 1.82) is 0 Å². The molecule has 2 amide bonds. The number of fused-ring (bicyclic) bond motifs is 1. The van der Waals surface area contributed by atoms with Crippen molar-refractivity contribution in [1.82, 2.24) is 14.7 Å². The second-order valence-corrected chi connectivity index (χ2v) is 11.6. The van der Waals surface area contributed by atoms with E-state index >= 15 is 4.39 Å². The number of para-hydroxylation sites is 1. The second-order valence-electron chi connectivity index (χ2n) is 9.59. The fraction of sp³-hybridized carbons (Fsp3) is 0.276. The maximum Gasteiger partial charge on any atom is 0.242 e. The maximum absolute atomic E-state index is 15.3. The highest BCUT2D eigenvalue weighted by Gasteiger charge is 2.39. The molecule has 1 fully saturated rings. The van der Waals surface area contributed by atoms with Gasteiger partial charge in [-0.25, -0.2) is 13.5 Å². The van der Waals surface area contributed by atoms with Gasteiger partial charge >= 0.3 is 0 Å². The number of aryl methyl sites for hydroxylation is 1. The SMILES string of the molecule is Cc1ccccc1-n1nc(-c2cccs2)c2c1N(CC(=O)N1CCOCC1)C(=O)CSC2c1ccc(F)cc1F. The summed E-state index contributed by atoms with van der Waals surface area (Å²) >= 11 is 2.73. The molecule has 2 aliphatic rings. The Kier molecular flexibility index (Phi) is 7.43. The second kappa shape index (κ2) is 11.1. The van der Waals surface area contributed by atoms with Gasteiger partial charge in [0.25, 0.3) is 0 Å². The summed E-state index contributed by atoms with van der Waals surface area (Å²) < 4.78 is 36.4. The fourth-order valence-corrected chi connectivity index (χ4v) is 7.03. The van der Waals surface area contributed by atoms with Crippen LogP contribution in [0.25, 0.3) is 16.3 Å². The topological polar surface area (TPSA) is 67.7 Å². The fourth-order valence-electron chi connectivity index (χ4n) is 5.09. The monoisotopic (exact) mass is 580 g/mol. The van der Waals surface area contributed by atoms with E-state index in [2.05, 4.69) is 0 Å². The van der Waals surface area contributed by atoms with Crippen LogP contribution in [0, 0.1) is 18.6 Å². The van der Waals surface area contributed by atoms with Crippen molar-refractivity contribution >= 4 is 40.7 Å². The molecular formula is C29H26F2N4O3S2. The van der Waals surface area contributed by atoms with Crippen molar-refractivity contribution < 1.29 is 23.1 Å². The number of hydrogen-bond acceptors (Lipinski definition) is 6. The first-order valence-electron chi connectivity index (χ1n) is 12.9. The summed E-state index contributed by atoms with van der Waals surface area (Å²) in [6.45, 7) is 3.54. The number of aromatic nitrogens is 2. The molecule has 4 heterocycles. The predicted octanol–water partition coefficient (Wildman–Crippen LogP) is 5.22. The number of halogens is 2. The van der Waals surface area contributed by atoms with Crippen LogP contribution in [0.5, 0.6) is 0 Å². The van der Waals surface area contributed by atoms with Gasteiger partial charge in [0.2, 0.25) is 11.8 Å². The maximum atomic E-state index is 15.3. The molecule has 0 aliphatic carbocycles. The van der Waals surface area contributed by atoms with Gasteiger partial charge in [0.05, 0.1) is 34.8 Å². The minimum absolute atomic E-state index is 0.00417. The number of ether oxygens (including phenoxy) is 1. The highest BCUT2D eigenvalue weighted by molar-refractivity contribution is 8.00. The number of carbonyl (C=O) groups excluding carboxylic acids is 2. The van der Waals surface area contributed by atoms with Gasteiger partial charge in [-0.05, 0) is 36.1 Å². The summed E-state index contributed by atoms with van der Waals surface area (Å²) in [4.78, 5) is 31.3. The van der Waals surface area contributed by atoms with Gasteiger partial charge < -0.3 is 9.64 Å². The lowest BCUT2D eigenvalue weighted by atomic mass is 10.0. The third kappa shape index (κ3) is 4.93. The number of nitrogens with zero attached hydrogens (tertiary/aromatic N) is 4. The van der Waals surface area contributed by atoms with Gasteiger partial charge in [-0.3, -0.25) is 14.5 Å². The number of thiophene rings is 1. The van der Waals surface area contributed by atoms with Crippen molar-refractivity contribution in [2.45, 2.75) is 12.2 Å². The third-order valence-electron chi connectivity index (χ3n) is 7.09. The highest BCUT2D eigenvalue weighted by Crippen LogP contribution is 2.49. The summed E-state index contributed by atoms with van der Waals surface area (Å²) in [6, 6.07) is 15.0. The molecule has 2 aromatic heterocycles. The summed E-state index contributed by atoms with van der Waals surface area (Å²) in [5.74, 6) is -1.44. The van der Waals surface area contributed by atoms with Gasteiger partial charge in [0.1, 0.15) is 29.7 Å². The van der Waals surface area contributed by atoms with Crippen molar-refractivity contribution in [2.75, 3.05) is 43.5 Å². The first-order valence-corrected chi connectivity index (χ1v) is 14.8. The van der Waals surface area contributed by atoms with E-state index in [1.165, 1.54) is 40.1 Å². The smallest absolute Gasteiger partial charge is 0.242 e. The number of thioether (sulfide) groups is 1. The molecule has 0 spiro atoms. The molecule has 0 radical (unpaired) electrons. The zero-order valence-corrected chi connectivity index (χ0v) is 23.3. The Morgan fingerprint density at radius 2 is 1.90 bits per heavy atom. The lowest BCUT2D eigenvalue weighted by molar-refractivity contribution is -0.134. The zero-order valence-electron chi connectivity index (χ0n) is 21.7. The van der Waals surface area contributed by atoms with E-state index < -0.39 is 16.9 Å². The Bertz CT molecular complexity index is 1570. The van der Waals surface area contributed by atoms with Crippen LogP contribution in [-0.2, 0) is 14.3 Å².